The lowest BCUT2D eigenvalue weighted by atomic mass is 9.94. The zero-order chi connectivity index (χ0) is 15.4. The molecule has 0 bridgehead atoms. The Morgan fingerprint density at radius 3 is 2.25 bits per heavy atom. The summed E-state index contributed by atoms with van der Waals surface area (Å²) in [6.45, 7) is 9.25. The molecule has 120 valence electrons. The molecule has 0 aromatic rings. The largest absolute Gasteiger partial charge is 0.468 e. The first-order valence-corrected chi connectivity index (χ1v) is 8.02. The summed E-state index contributed by atoms with van der Waals surface area (Å²) in [5.41, 5.74) is -0.537. The highest BCUT2D eigenvalue weighted by Crippen LogP contribution is 2.16. The summed E-state index contributed by atoms with van der Waals surface area (Å²) in [5.74, 6) is -0.157. The summed E-state index contributed by atoms with van der Waals surface area (Å²) in [6, 6.07) is 0. The maximum absolute atomic E-state index is 11.8. The van der Waals surface area contributed by atoms with Crippen molar-refractivity contribution in [1.29, 1.82) is 0 Å². The van der Waals surface area contributed by atoms with Crippen molar-refractivity contribution in [1.82, 2.24) is 10.2 Å². The van der Waals surface area contributed by atoms with Crippen molar-refractivity contribution in [2.75, 3.05) is 33.8 Å². The van der Waals surface area contributed by atoms with Gasteiger partial charge >= 0.3 is 5.97 Å². The zero-order valence-electron chi connectivity index (χ0n) is 14.1. The predicted molar refractivity (Wildman–Crippen MR) is 85.0 cm³/mol. The average molecular weight is 286 g/mol. The third kappa shape index (κ3) is 7.85. The van der Waals surface area contributed by atoms with Gasteiger partial charge in [0.1, 0.15) is 5.54 Å². The van der Waals surface area contributed by atoms with E-state index in [4.69, 9.17) is 4.74 Å². The SMILES string of the molecule is CCCCCN(C)CCCCC(C)(NCC)C(=O)OC. The highest BCUT2D eigenvalue weighted by atomic mass is 16.5. The molecular formula is C16H34N2O2. The number of nitrogens with one attached hydrogen (secondary N) is 1. The molecule has 0 saturated heterocycles. The van der Waals surface area contributed by atoms with Gasteiger partial charge in [0.2, 0.25) is 0 Å². The summed E-state index contributed by atoms with van der Waals surface area (Å²) in [4.78, 5) is 14.2. The molecule has 0 rings (SSSR count). The van der Waals surface area contributed by atoms with E-state index >= 15 is 0 Å². The van der Waals surface area contributed by atoms with Gasteiger partial charge in [-0.2, -0.15) is 0 Å². The molecule has 0 aliphatic carbocycles. The van der Waals surface area contributed by atoms with E-state index < -0.39 is 5.54 Å². The quantitative estimate of drug-likeness (QED) is 0.442. The molecule has 0 aromatic carbocycles. The Morgan fingerprint density at radius 1 is 1.15 bits per heavy atom. The van der Waals surface area contributed by atoms with E-state index in [0.29, 0.717) is 0 Å². The van der Waals surface area contributed by atoms with Crippen molar-refractivity contribution in [3.8, 4) is 0 Å². The Hall–Kier alpha value is -0.610. The van der Waals surface area contributed by atoms with Crippen LogP contribution in [0, 0.1) is 0 Å². The summed E-state index contributed by atoms with van der Waals surface area (Å²) in [5, 5.41) is 3.25. The van der Waals surface area contributed by atoms with Crippen molar-refractivity contribution in [2.24, 2.45) is 0 Å². The minimum atomic E-state index is -0.537. The monoisotopic (exact) mass is 286 g/mol. The predicted octanol–water partition coefficient (Wildman–Crippen LogP) is 2.82. The van der Waals surface area contributed by atoms with Crippen LogP contribution in [-0.2, 0) is 9.53 Å². The number of ether oxygens (including phenoxy) is 1. The van der Waals surface area contributed by atoms with Crippen LogP contribution < -0.4 is 5.32 Å². The normalized spacial score (nSPS) is 14.3. The summed E-state index contributed by atoms with van der Waals surface area (Å²) in [6.07, 6.45) is 6.86. The molecule has 1 N–H and O–H groups in total. The lowest BCUT2D eigenvalue weighted by molar-refractivity contribution is -0.148. The Labute approximate surface area is 125 Å². The zero-order valence-corrected chi connectivity index (χ0v) is 14.1. The van der Waals surface area contributed by atoms with Crippen molar-refractivity contribution < 1.29 is 9.53 Å². The van der Waals surface area contributed by atoms with Crippen LogP contribution in [0.3, 0.4) is 0 Å². The fraction of sp³-hybridized carbons (Fsp3) is 0.938. The van der Waals surface area contributed by atoms with E-state index in [0.717, 1.165) is 32.4 Å². The van der Waals surface area contributed by atoms with Gasteiger partial charge in [0, 0.05) is 0 Å². The second-order valence-corrected chi connectivity index (χ2v) is 5.82. The fourth-order valence-electron chi connectivity index (χ4n) is 2.48. The van der Waals surface area contributed by atoms with Gasteiger partial charge in [-0.15, -0.1) is 0 Å². The number of nitrogens with zero attached hydrogens (tertiary/aromatic N) is 1. The highest BCUT2D eigenvalue weighted by Gasteiger charge is 2.32. The van der Waals surface area contributed by atoms with Gasteiger partial charge in [-0.25, -0.2) is 0 Å². The maximum atomic E-state index is 11.8. The lowest BCUT2D eigenvalue weighted by Crippen LogP contribution is -2.50. The molecule has 0 radical (unpaired) electrons. The van der Waals surface area contributed by atoms with Crippen LogP contribution in [0.1, 0.15) is 59.3 Å². The molecule has 0 amide bonds. The maximum Gasteiger partial charge on any atom is 0.325 e. The Morgan fingerprint density at radius 2 is 1.75 bits per heavy atom. The van der Waals surface area contributed by atoms with E-state index in [-0.39, 0.29) is 5.97 Å². The number of methoxy groups -OCH3 is 1. The van der Waals surface area contributed by atoms with Crippen LogP contribution in [0.2, 0.25) is 0 Å². The van der Waals surface area contributed by atoms with Crippen LogP contribution in [0.25, 0.3) is 0 Å². The molecule has 20 heavy (non-hydrogen) atoms. The Kier molecular flexibility index (Phi) is 10.8. The van der Waals surface area contributed by atoms with Crippen LogP contribution in [0.15, 0.2) is 0 Å². The average Bonchev–Trinajstić information content (AvgIpc) is 2.43. The molecule has 1 unspecified atom stereocenters. The smallest absolute Gasteiger partial charge is 0.325 e. The second kappa shape index (κ2) is 11.1. The number of hydrogen-bond acceptors (Lipinski definition) is 4. The molecule has 0 aromatic heterocycles. The topological polar surface area (TPSA) is 41.6 Å². The van der Waals surface area contributed by atoms with E-state index in [1.54, 1.807) is 0 Å². The summed E-state index contributed by atoms with van der Waals surface area (Å²) < 4.78 is 4.90. The third-order valence-electron chi connectivity index (χ3n) is 3.81. The van der Waals surface area contributed by atoms with Gasteiger partial charge in [0.15, 0.2) is 0 Å². The molecule has 0 spiro atoms. The molecule has 0 saturated carbocycles. The third-order valence-corrected chi connectivity index (χ3v) is 3.81. The number of esters is 1. The van der Waals surface area contributed by atoms with Crippen LogP contribution in [0.5, 0.6) is 0 Å². The van der Waals surface area contributed by atoms with Gasteiger partial charge in [-0.3, -0.25) is 4.79 Å². The molecule has 4 nitrogen and oxygen atoms in total. The van der Waals surface area contributed by atoms with E-state index in [1.165, 1.54) is 32.9 Å². The van der Waals surface area contributed by atoms with E-state index in [1.807, 2.05) is 13.8 Å². The Balaban J connectivity index is 3.92. The molecule has 1 atom stereocenters. The van der Waals surface area contributed by atoms with Gasteiger partial charge in [0.25, 0.3) is 0 Å². The van der Waals surface area contributed by atoms with Crippen LogP contribution >= 0.6 is 0 Å². The van der Waals surface area contributed by atoms with Crippen molar-refractivity contribution in [3.05, 3.63) is 0 Å². The number of carbonyl (C=O) groups is 1. The van der Waals surface area contributed by atoms with E-state index in [9.17, 15) is 4.79 Å². The molecular weight excluding hydrogens is 252 g/mol. The molecule has 4 heteroatoms. The first-order chi connectivity index (χ1) is 9.50. The molecule has 0 fully saturated rings. The number of rotatable bonds is 12. The molecule has 0 aliphatic heterocycles. The van der Waals surface area contributed by atoms with Gasteiger partial charge in [-0.05, 0) is 59.3 Å². The minimum Gasteiger partial charge on any atom is -0.468 e. The first kappa shape index (κ1) is 19.4. The fourth-order valence-corrected chi connectivity index (χ4v) is 2.48. The van der Waals surface area contributed by atoms with Crippen LogP contribution in [0.4, 0.5) is 0 Å². The number of hydrogen-bond donors (Lipinski definition) is 1. The van der Waals surface area contributed by atoms with Crippen molar-refractivity contribution in [2.45, 2.75) is 64.8 Å². The van der Waals surface area contributed by atoms with Gasteiger partial charge in [0.05, 0.1) is 7.11 Å². The summed E-state index contributed by atoms with van der Waals surface area (Å²) >= 11 is 0. The Bertz CT molecular complexity index is 259. The van der Waals surface area contributed by atoms with Crippen LogP contribution in [-0.4, -0.2) is 50.2 Å². The standard InChI is InChI=1S/C16H34N2O2/c1-6-8-10-13-18(4)14-11-9-12-16(3,17-7-2)15(19)20-5/h17H,6-14H2,1-5H3. The van der Waals surface area contributed by atoms with Crippen molar-refractivity contribution in [3.63, 3.8) is 0 Å². The molecule has 0 aliphatic rings. The number of carbonyl (C=O) groups excluding carboxylic acids is 1. The lowest BCUT2D eigenvalue weighted by Gasteiger charge is -2.27. The van der Waals surface area contributed by atoms with Crippen molar-refractivity contribution >= 4 is 5.97 Å². The number of likely N-dealkylation sites (N-methyl/N-ethyl adjacent to an activating group) is 1. The second-order valence-electron chi connectivity index (χ2n) is 5.82. The highest BCUT2D eigenvalue weighted by molar-refractivity contribution is 5.80. The first-order valence-electron chi connectivity index (χ1n) is 8.02. The van der Waals surface area contributed by atoms with Gasteiger partial charge < -0.3 is 15.0 Å². The minimum absolute atomic E-state index is 0.157. The molecule has 0 heterocycles. The van der Waals surface area contributed by atoms with E-state index in [2.05, 4.69) is 24.2 Å². The van der Waals surface area contributed by atoms with Gasteiger partial charge in [-0.1, -0.05) is 26.7 Å². The number of unbranched alkanes of at least 4 members (excludes halogenated alkanes) is 3. The summed E-state index contributed by atoms with van der Waals surface area (Å²) in [7, 11) is 3.64.